The zero-order valence-corrected chi connectivity index (χ0v) is 10.5. The first-order valence-electron chi connectivity index (χ1n) is 6.06. The van der Waals surface area contributed by atoms with Crippen LogP contribution >= 0.6 is 0 Å². The van der Waals surface area contributed by atoms with Crippen molar-refractivity contribution in [3.63, 3.8) is 0 Å². The Labute approximate surface area is 97.9 Å². The van der Waals surface area contributed by atoms with Crippen molar-refractivity contribution in [3.05, 3.63) is 34.6 Å². The number of nitrogens with two attached hydrogens (primary N) is 1. The maximum Gasteiger partial charge on any atom is 0.126 e. The molecule has 0 spiro atoms. The van der Waals surface area contributed by atoms with Crippen molar-refractivity contribution >= 4 is 0 Å². The third-order valence-corrected chi connectivity index (χ3v) is 3.30. The number of benzene rings is 1. The summed E-state index contributed by atoms with van der Waals surface area (Å²) < 4.78 is 13.9. The van der Waals surface area contributed by atoms with E-state index in [2.05, 4.69) is 6.92 Å². The second-order valence-corrected chi connectivity index (χ2v) is 4.49. The lowest BCUT2D eigenvalue weighted by Crippen LogP contribution is -2.06. The highest BCUT2D eigenvalue weighted by molar-refractivity contribution is 5.33. The van der Waals surface area contributed by atoms with Gasteiger partial charge in [-0.3, -0.25) is 0 Å². The largest absolute Gasteiger partial charge is 0.330 e. The van der Waals surface area contributed by atoms with Crippen LogP contribution in [-0.2, 0) is 0 Å². The predicted molar refractivity (Wildman–Crippen MR) is 67.2 cm³/mol. The monoisotopic (exact) mass is 223 g/mol. The van der Waals surface area contributed by atoms with Crippen molar-refractivity contribution in [3.8, 4) is 0 Å². The van der Waals surface area contributed by atoms with Gasteiger partial charge in [0.25, 0.3) is 0 Å². The summed E-state index contributed by atoms with van der Waals surface area (Å²) in [5.74, 6) is 0.245. The Morgan fingerprint density at radius 1 is 1.25 bits per heavy atom. The highest BCUT2D eigenvalue weighted by Gasteiger charge is 2.14. The number of hydrogen-bond acceptors (Lipinski definition) is 1. The molecule has 90 valence electrons. The number of rotatable bonds is 5. The summed E-state index contributed by atoms with van der Waals surface area (Å²) in [6.45, 7) is 6.77. The molecule has 1 atom stereocenters. The van der Waals surface area contributed by atoms with Crippen LogP contribution in [0.3, 0.4) is 0 Å². The number of hydrogen-bond donors (Lipinski definition) is 1. The van der Waals surface area contributed by atoms with Crippen LogP contribution in [0.15, 0.2) is 12.1 Å². The van der Waals surface area contributed by atoms with Crippen molar-refractivity contribution in [2.75, 3.05) is 6.54 Å². The lowest BCUT2D eigenvalue weighted by molar-refractivity contribution is 0.531. The maximum atomic E-state index is 13.9. The van der Waals surface area contributed by atoms with Crippen LogP contribution in [0.4, 0.5) is 4.39 Å². The van der Waals surface area contributed by atoms with Gasteiger partial charge in [-0.15, -0.1) is 0 Å². The lowest BCUT2D eigenvalue weighted by atomic mass is 9.89. The van der Waals surface area contributed by atoms with Crippen LogP contribution < -0.4 is 5.73 Å². The summed E-state index contributed by atoms with van der Waals surface area (Å²) >= 11 is 0. The molecule has 0 saturated carbocycles. The molecule has 0 saturated heterocycles. The second kappa shape index (κ2) is 6.00. The summed E-state index contributed by atoms with van der Waals surface area (Å²) in [7, 11) is 0. The van der Waals surface area contributed by atoms with Crippen molar-refractivity contribution in [1.82, 2.24) is 0 Å². The number of halogens is 1. The molecule has 0 aliphatic carbocycles. The molecule has 1 nitrogen and oxygen atoms in total. The molecule has 0 aromatic heterocycles. The zero-order chi connectivity index (χ0) is 12.1. The highest BCUT2D eigenvalue weighted by atomic mass is 19.1. The summed E-state index contributed by atoms with van der Waals surface area (Å²) in [6, 6.07) is 3.64. The first-order valence-corrected chi connectivity index (χ1v) is 6.06. The van der Waals surface area contributed by atoms with E-state index < -0.39 is 0 Å². The SMILES string of the molecule is CCC(CCCN)c1cc(C)c(C)cc1F. The molecule has 0 aliphatic heterocycles. The van der Waals surface area contributed by atoms with Gasteiger partial charge in [-0.1, -0.05) is 13.0 Å². The normalized spacial score (nSPS) is 12.8. The van der Waals surface area contributed by atoms with E-state index in [0.717, 1.165) is 30.4 Å². The minimum atomic E-state index is -0.0630. The van der Waals surface area contributed by atoms with Gasteiger partial charge in [-0.25, -0.2) is 4.39 Å². The van der Waals surface area contributed by atoms with Crippen molar-refractivity contribution < 1.29 is 4.39 Å². The van der Waals surface area contributed by atoms with Gasteiger partial charge in [0.15, 0.2) is 0 Å². The van der Waals surface area contributed by atoms with E-state index in [0.29, 0.717) is 12.5 Å². The molecule has 0 fully saturated rings. The van der Waals surface area contributed by atoms with Gasteiger partial charge >= 0.3 is 0 Å². The van der Waals surface area contributed by atoms with Gasteiger partial charge in [0, 0.05) is 0 Å². The molecule has 16 heavy (non-hydrogen) atoms. The van der Waals surface area contributed by atoms with E-state index in [1.54, 1.807) is 6.07 Å². The molecule has 2 heteroatoms. The first-order chi connectivity index (χ1) is 7.60. The summed E-state index contributed by atoms with van der Waals surface area (Å²) in [6.07, 6.45) is 2.91. The second-order valence-electron chi connectivity index (χ2n) is 4.49. The zero-order valence-electron chi connectivity index (χ0n) is 10.5. The molecular weight excluding hydrogens is 201 g/mol. The van der Waals surface area contributed by atoms with Crippen LogP contribution in [0.5, 0.6) is 0 Å². The Morgan fingerprint density at radius 2 is 1.88 bits per heavy atom. The van der Waals surface area contributed by atoms with Crippen LogP contribution in [0.1, 0.15) is 48.8 Å². The van der Waals surface area contributed by atoms with Gasteiger partial charge in [0.05, 0.1) is 0 Å². The van der Waals surface area contributed by atoms with E-state index in [1.165, 1.54) is 5.56 Å². The average Bonchev–Trinajstić information content (AvgIpc) is 2.26. The highest BCUT2D eigenvalue weighted by Crippen LogP contribution is 2.28. The van der Waals surface area contributed by atoms with E-state index in [1.807, 2.05) is 19.9 Å². The van der Waals surface area contributed by atoms with E-state index >= 15 is 0 Å². The van der Waals surface area contributed by atoms with Crippen LogP contribution in [0, 0.1) is 19.7 Å². The van der Waals surface area contributed by atoms with Crippen molar-refractivity contribution in [2.45, 2.75) is 46.0 Å². The fourth-order valence-electron chi connectivity index (χ4n) is 2.06. The third kappa shape index (κ3) is 3.05. The Bertz CT molecular complexity index is 347. The molecule has 1 unspecified atom stereocenters. The van der Waals surface area contributed by atoms with Gasteiger partial charge < -0.3 is 5.73 Å². The summed E-state index contributed by atoms with van der Waals surface area (Å²) in [4.78, 5) is 0. The van der Waals surface area contributed by atoms with E-state index in [4.69, 9.17) is 5.73 Å². The van der Waals surface area contributed by atoms with Crippen molar-refractivity contribution in [1.29, 1.82) is 0 Å². The molecule has 2 N–H and O–H groups in total. The summed E-state index contributed by atoms with van der Waals surface area (Å²) in [5, 5.41) is 0. The Kier molecular flexibility index (Phi) is 4.94. The molecule has 1 aromatic carbocycles. The first kappa shape index (κ1) is 13.2. The molecule has 0 aliphatic rings. The molecule has 1 aromatic rings. The Balaban J connectivity index is 2.95. The fourth-order valence-corrected chi connectivity index (χ4v) is 2.06. The minimum absolute atomic E-state index is 0.0630. The van der Waals surface area contributed by atoms with Gasteiger partial charge in [-0.05, 0) is 68.3 Å². The van der Waals surface area contributed by atoms with Crippen LogP contribution in [0.2, 0.25) is 0 Å². The molecule has 0 radical (unpaired) electrons. The smallest absolute Gasteiger partial charge is 0.126 e. The molecule has 1 rings (SSSR count). The standard InChI is InChI=1S/C14H22FN/c1-4-12(6-5-7-16)13-8-10(2)11(3)9-14(13)15/h8-9,12H,4-7,16H2,1-3H3. The van der Waals surface area contributed by atoms with Crippen LogP contribution in [-0.4, -0.2) is 6.54 Å². The van der Waals surface area contributed by atoms with Gasteiger partial charge in [0.2, 0.25) is 0 Å². The van der Waals surface area contributed by atoms with E-state index in [-0.39, 0.29) is 5.82 Å². The fraction of sp³-hybridized carbons (Fsp3) is 0.571. The predicted octanol–water partition coefficient (Wildman–Crippen LogP) is 3.68. The topological polar surface area (TPSA) is 26.0 Å². The average molecular weight is 223 g/mol. The van der Waals surface area contributed by atoms with Crippen LogP contribution in [0.25, 0.3) is 0 Å². The molecular formula is C14H22FN. The lowest BCUT2D eigenvalue weighted by Gasteiger charge is -2.17. The molecule has 0 bridgehead atoms. The number of aryl methyl sites for hydroxylation is 2. The minimum Gasteiger partial charge on any atom is -0.330 e. The van der Waals surface area contributed by atoms with E-state index in [9.17, 15) is 4.39 Å². The Morgan fingerprint density at radius 3 is 2.44 bits per heavy atom. The van der Waals surface area contributed by atoms with Gasteiger partial charge in [-0.2, -0.15) is 0 Å². The van der Waals surface area contributed by atoms with Crippen molar-refractivity contribution in [2.24, 2.45) is 5.73 Å². The summed E-state index contributed by atoms with van der Waals surface area (Å²) in [5.41, 5.74) is 8.56. The Hall–Kier alpha value is -0.890. The molecule has 0 heterocycles. The third-order valence-electron chi connectivity index (χ3n) is 3.30. The molecule has 0 amide bonds. The quantitative estimate of drug-likeness (QED) is 0.809. The maximum absolute atomic E-state index is 13.9. The van der Waals surface area contributed by atoms with Gasteiger partial charge in [0.1, 0.15) is 5.82 Å².